The van der Waals surface area contributed by atoms with Gasteiger partial charge in [-0.3, -0.25) is 19.2 Å². The van der Waals surface area contributed by atoms with Gasteiger partial charge in [-0.15, -0.1) is 0 Å². The summed E-state index contributed by atoms with van der Waals surface area (Å²) in [4.78, 5) is 60.0. The van der Waals surface area contributed by atoms with Crippen molar-refractivity contribution in [1.82, 2.24) is 21.3 Å². The summed E-state index contributed by atoms with van der Waals surface area (Å²) in [6, 6.07) is 1.38. The summed E-state index contributed by atoms with van der Waals surface area (Å²) in [5.74, 6) is -4.78. The van der Waals surface area contributed by atoms with E-state index in [1.807, 2.05) is 0 Å². The Bertz CT molecular complexity index is 883. The van der Waals surface area contributed by atoms with Crippen molar-refractivity contribution in [2.75, 3.05) is 6.54 Å². The van der Waals surface area contributed by atoms with Gasteiger partial charge in [0.15, 0.2) is 0 Å². The lowest BCUT2D eigenvalue weighted by molar-refractivity contribution is -0.143. The molecule has 0 aliphatic carbocycles. The molecule has 0 aromatic heterocycles. The lowest BCUT2D eigenvalue weighted by atomic mass is 10.1. The summed E-state index contributed by atoms with van der Waals surface area (Å²) in [5.41, 5.74) is 0.557. The van der Waals surface area contributed by atoms with Crippen LogP contribution in [0.4, 0.5) is 0 Å². The summed E-state index contributed by atoms with van der Waals surface area (Å²) in [5, 5.41) is 37.8. The topological polar surface area (TPSA) is 194 Å². The highest BCUT2D eigenvalue weighted by atomic mass is 16.4. The van der Waals surface area contributed by atoms with E-state index in [0.29, 0.717) is 18.5 Å². The van der Waals surface area contributed by atoms with E-state index < -0.39 is 60.2 Å². The molecule has 1 heterocycles. The number of carboxylic acid groups (broad SMARTS) is 2. The zero-order valence-corrected chi connectivity index (χ0v) is 18.0. The van der Waals surface area contributed by atoms with E-state index in [4.69, 9.17) is 5.11 Å². The van der Waals surface area contributed by atoms with Gasteiger partial charge in [0.05, 0.1) is 12.5 Å². The Morgan fingerprint density at radius 1 is 1.00 bits per heavy atom. The Morgan fingerprint density at radius 2 is 1.67 bits per heavy atom. The quantitative estimate of drug-likeness (QED) is 0.209. The molecule has 1 aromatic carbocycles. The van der Waals surface area contributed by atoms with Crippen LogP contribution in [-0.4, -0.2) is 75.7 Å². The number of phenols is 1. The number of hydrogen-bond donors (Lipinski definition) is 7. The van der Waals surface area contributed by atoms with Crippen LogP contribution in [-0.2, 0) is 30.4 Å². The monoisotopic (exact) mass is 464 g/mol. The van der Waals surface area contributed by atoms with Crippen LogP contribution in [0.2, 0.25) is 0 Å². The van der Waals surface area contributed by atoms with Crippen molar-refractivity contribution in [2.24, 2.45) is 0 Å². The first-order valence-corrected chi connectivity index (χ1v) is 10.4. The molecule has 1 aromatic rings. The lowest BCUT2D eigenvalue weighted by Crippen LogP contribution is -2.56. The molecule has 0 bridgehead atoms. The molecular weight excluding hydrogens is 436 g/mol. The van der Waals surface area contributed by atoms with Crippen molar-refractivity contribution in [3.05, 3.63) is 29.8 Å². The Hall–Kier alpha value is -3.67. The first kappa shape index (κ1) is 25.6. The van der Waals surface area contributed by atoms with Crippen molar-refractivity contribution >= 4 is 29.7 Å². The molecule has 0 spiro atoms. The molecule has 1 aliphatic heterocycles. The highest BCUT2D eigenvalue weighted by molar-refractivity contribution is 5.95. The normalized spacial score (nSPS) is 17.9. The van der Waals surface area contributed by atoms with Gasteiger partial charge in [-0.2, -0.15) is 0 Å². The predicted molar refractivity (Wildman–Crippen MR) is 114 cm³/mol. The van der Waals surface area contributed by atoms with Crippen LogP contribution in [0.15, 0.2) is 24.3 Å². The minimum absolute atomic E-state index is 0.0118. The molecule has 180 valence electrons. The van der Waals surface area contributed by atoms with Crippen molar-refractivity contribution in [1.29, 1.82) is 0 Å². The summed E-state index contributed by atoms with van der Waals surface area (Å²) in [7, 11) is 0. The SMILES string of the molecule is CC(NC(=O)C(CC(=O)O)NC(=O)C1CCCN1)C(=O)NC(Cc1ccc(O)cc1)C(=O)O. The van der Waals surface area contributed by atoms with Gasteiger partial charge in [-0.05, 0) is 44.0 Å². The number of carbonyl (C=O) groups is 5. The summed E-state index contributed by atoms with van der Waals surface area (Å²) >= 11 is 0. The van der Waals surface area contributed by atoms with E-state index in [1.54, 1.807) is 0 Å². The molecule has 4 unspecified atom stereocenters. The van der Waals surface area contributed by atoms with Crippen LogP contribution in [0, 0.1) is 0 Å². The van der Waals surface area contributed by atoms with Gasteiger partial charge in [0.2, 0.25) is 17.7 Å². The second kappa shape index (κ2) is 11.8. The van der Waals surface area contributed by atoms with E-state index in [1.165, 1.54) is 31.2 Å². The Balaban J connectivity index is 1.97. The minimum Gasteiger partial charge on any atom is -0.508 e. The number of rotatable bonds is 11. The predicted octanol–water partition coefficient (Wildman–Crippen LogP) is -1.28. The number of phenolic OH excluding ortho intramolecular Hbond substituents is 1. The molecule has 0 saturated carbocycles. The van der Waals surface area contributed by atoms with Crippen LogP contribution in [0.3, 0.4) is 0 Å². The van der Waals surface area contributed by atoms with Gasteiger partial charge >= 0.3 is 11.9 Å². The number of aromatic hydroxyl groups is 1. The molecule has 1 aliphatic rings. The van der Waals surface area contributed by atoms with Gasteiger partial charge in [-0.1, -0.05) is 12.1 Å². The average Bonchev–Trinajstić information content (AvgIpc) is 3.28. The van der Waals surface area contributed by atoms with E-state index in [9.17, 15) is 34.2 Å². The van der Waals surface area contributed by atoms with E-state index in [2.05, 4.69) is 21.3 Å². The van der Waals surface area contributed by atoms with Gasteiger partial charge in [0.1, 0.15) is 23.9 Å². The molecule has 1 saturated heterocycles. The van der Waals surface area contributed by atoms with E-state index in [0.717, 1.165) is 6.42 Å². The lowest BCUT2D eigenvalue weighted by Gasteiger charge is -2.22. The maximum atomic E-state index is 12.6. The number of benzene rings is 1. The maximum absolute atomic E-state index is 12.6. The Morgan fingerprint density at radius 3 is 2.21 bits per heavy atom. The van der Waals surface area contributed by atoms with Crippen LogP contribution in [0.25, 0.3) is 0 Å². The first-order valence-electron chi connectivity index (χ1n) is 10.4. The fraction of sp³-hybridized carbons (Fsp3) is 0.476. The van der Waals surface area contributed by atoms with E-state index >= 15 is 0 Å². The van der Waals surface area contributed by atoms with Crippen molar-refractivity contribution in [2.45, 2.75) is 56.8 Å². The van der Waals surface area contributed by atoms with Crippen LogP contribution < -0.4 is 21.3 Å². The molecule has 2 rings (SSSR count). The van der Waals surface area contributed by atoms with Gasteiger partial charge in [0.25, 0.3) is 0 Å². The van der Waals surface area contributed by atoms with Gasteiger partial charge < -0.3 is 36.6 Å². The van der Waals surface area contributed by atoms with Crippen molar-refractivity contribution in [3.8, 4) is 5.75 Å². The molecule has 0 radical (unpaired) electrons. The minimum atomic E-state index is -1.40. The fourth-order valence-corrected chi connectivity index (χ4v) is 3.31. The van der Waals surface area contributed by atoms with Gasteiger partial charge in [-0.25, -0.2) is 4.79 Å². The molecule has 33 heavy (non-hydrogen) atoms. The molecule has 7 N–H and O–H groups in total. The smallest absolute Gasteiger partial charge is 0.326 e. The third kappa shape index (κ3) is 8.07. The zero-order chi connectivity index (χ0) is 24.5. The van der Waals surface area contributed by atoms with E-state index in [-0.39, 0.29) is 12.2 Å². The Kier molecular flexibility index (Phi) is 9.16. The molecule has 12 heteroatoms. The average molecular weight is 464 g/mol. The summed E-state index contributed by atoms with van der Waals surface area (Å²) in [6.45, 7) is 1.95. The zero-order valence-electron chi connectivity index (χ0n) is 18.0. The highest BCUT2D eigenvalue weighted by Gasteiger charge is 2.31. The maximum Gasteiger partial charge on any atom is 0.326 e. The molecule has 4 atom stereocenters. The largest absolute Gasteiger partial charge is 0.508 e. The number of nitrogens with one attached hydrogen (secondary N) is 4. The fourth-order valence-electron chi connectivity index (χ4n) is 3.31. The van der Waals surface area contributed by atoms with Crippen molar-refractivity contribution in [3.63, 3.8) is 0 Å². The Labute approximate surface area is 189 Å². The van der Waals surface area contributed by atoms with Crippen molar-refractivity contribution < 1.29 is 39.3 Å². The number of carboxylic acids is 2. The number of aliphatic carboxylic acids is 2. The summed E-state index contributed by atoms with van der Waals surface area (Å²) in [6.07, 6.45) is 0.592. The first-order chi connectivity index (χ1) is 15.6. The van der Waals surface area contributed by atoms with Crippen LogP contribution in [0.5, 0.6) is 5.75 Å². The number of hydrogen-bond acceptors (Lipinski definition) is 7. The number of carbonyl (C=O) groups excluding carboxylic acids is 3. The molecule has 3 amide bonds. The second-order valence-corrected chi connectivity index (χ2v) is 7.81. The standard InChI is InChI=1S/C21H28N4O8/c1-11(18(29)25-16(21(32)33)9-12-4-6-13(26)7-5-12)23-20(31)15(10-17(27)28)24-19(30)14-3-2-8-22-14/h4-7,11,14-16,22,26H,2-3,8-10H2,1H3,(H,23,31)(H,24,30)(H,25,29)(H,27,28)(H,32,33). The highest BCUT2D eigenvalue weighted by Crippen LogP contribution is 2.12. The van der Waals surface area contributed by atoms with Gasteiger partial charge in [0, 0.05) is 6.42 Å². The molecule has 1 fully saturated rings. The number of amides is 3. The summed E-state index contributed by atoms with van der Waals surface area (Å²) < 4.78 is 0. The van der Waals surface area contributed by atoms with Crippen LogP contribution in [0.1, 0.15) is 31.7 Å². The molecule has 12 nitrogen and oxygen atoms in total. The third-order valence-electron chi connectivity index (χ3n) is 5.13. The molecular formula is C21H28N4O8. The third-order valence-corrected chi connectivity index (χ3v) is 5.13. The van der Waals surface area contributed by atoms with Crippen LogP contribution >= 0.6 is 0 Å². The second-order valence-electron chi connectivity index (χ2n) is 7.81.